The van der Waals surface area contributed by atoms with Crippen molar-refractivity contribution in [3.05, 3.63) is 29.3 Å². The van der Waals surface area contributed by atoms with Gasteiger partial charge < -0.3 is 36.2 Å². The van der Waals surface area contributed by atoms with E-state index >= 15 is 0 Å². The number of phenols is 1. The zero-order valence-electron chi connectivity index (χ0n) is 21.3. The number of rotatable bonds is 11. The third-order valence-corrected chi connectivity index (χ3v) is 4.85. The fraction of sp³-hybridized carbons (Fsp3) is 0.583. The Kier molecular flexibility index (Phi) is 11.0. The molecule has 0 spiro atoms. The first-order chi connectivity index (χ1) is 16.2. The average molecular weight is 495 g/mol. The lowest BCUT2D eigenvalue weighted by molar-refractivity contribution is -0.143. The van der Waals surface area contributed by atoms with Crippen LogP contribution in [0.1, 0.15) is 64.6 Å². The molecule has 0 radical (unpaired) electrons. The van der Waals surface area contributed by atoms with Crippen LogP contribution in [0.4, 0.5) is 4.79 Å². The highest BCUT2D eigenvalue weighted by Crippen LogP contribution is 2.32. The summed E-state index contributed by atoms with van der Waals surface area (Å²) in [6.45, 7) is 9.29. The van der Waals surface area contributed by atoms with E-state index < -0.39 is 48.1 Å². The highest BCUT2D eigenvalue weighted by Gasteiger charge is 2.37. The van der Waals surface area contributed by atoms with Crippen LogP contribution in [0.2, 0.25) is 0 Å². The van der Waals surface area contributed by atoms with E-state index in [-0.39, 0.29) is 36.7 Å². The average Bonchev–Trinajstić information content (AvgIpc) is 2.71. The molecule has 0 aromatic heterocycles. The number of ether oxygens (including phenoxy) is 1. The minimum atomic E-state index is -1.33. The van der Waals surface area contributed by atoms with Crippen molar-refractivity contribution in [2.75, 3.05) is 13.2 Å². The Bertz CT molecular complexity index is 912. The van der Waals surface area contributed by atoms with Crippen LogP contribution in [0.25, 0.3) is 0 Å². The summed E-state index contributed by atoms with van der Waals surface area (Å²) in [5.41, 5.74) is 5.04. The molecular weight excluding hydrogens is 456 g/mol. The Hall–Kier alpha value is -3.34. The predicted octanol–water partition coefficient (Wildman–Crippen LogP) is 1.25. The number of hydrogen-bond donors (Lipinski definition) is 5. The molecule has 0 aliphatic rings. The van der Waals surface area contributed by atoms with Crippen LogP contribution >= 0.6 is 0 Å². The van der Waals surface area contributed by atoms with Gasteiger partial charge in [-0.1, -0.05) is 18.2 Å². The summed E-state index contributed by atoms with van der Waals surface area (Å²) in [6, 6.07) is 1.89. The zero-order valence-corrected chi connectivity index (χ0v) is 21.3. The van der Waals surface area contributed by atoms with Crippen LogP contribution in [0, 0.1) is 6.92 Å². The number of benzene rings is 1. The van der Waals surface area contributed by atoms with E-state index in [9.17, 15) is 29.4 Å². The van der Waals surface area contributed by atoms with Crippen molar-refractivity contribution in [2.24, 2.45) is 5.73 Å². The first-order valence-corrected chi connectivity index (χ1v) is 11.5. The quantitative estimate of drug-likeness (QED) is 0.308. The maximum absolute atomic E-state index is 13.7. The molecule has 0 aliphatic heterocycles. The van der Waals surface area contributed by atoms with Gasteiger partial charge in [0, 0.05) is 24.6 Å². The molecule has 0 bridgehead atoms. The van der Waals surface area contributed by atoms with Crippen molar-refractivity contribution in [2.45, 2.75) is 78.1 Å². The van der Waals surface area contributed by atoms with Crippen LogP contribution in [0.15, 0.2) is 18.2 Å². The number of aliphatic hydroxyl groups excluding tert-OH is 1. The van der Waals surface area contributed by atoms with Crippen LogP contribution in [0.3, 0.4) is 0 Å². The molecule has 4 amide bonds. The second kappa shape index (κ2) is 12.9. The first kappa shape index (κ1) is 29.7. The third-order valence-electron chi connectivity index (χ3n) is 4.85. The van der Waals surface area contributed by atoms with Gasteiger partial charge in [0.2, 0.25) is 17.7 Å². The van der Waals surface area contributed by atoms with E-state index in [2.05, 4.69) is 10.6 Å². The molecule has 11 heteroatoms. The van der Waals surface area contributed by atoms with Crippen molar-refractivity contribution in [3.63, 3.8) is 0 Å². The fourth-order valence-electron chi connectivity index (χ4n) is 3.38. The molecule has 0 aliphatic carbocycles. The van der Waals surface area contributed by atoms with Gasteiger partial charge in [0.05, 0.1) is 6.61 Å². The molecule has 196 valence electrons. The van der Waals surface area contributed by atoms with Crippen molar-refractivity contribution in [1.82, 2.24) is 15.5 Å². The first-order valence-electron chi connectivity index (χ1n) is 11.5. The summed E-state index contributed by atoms with van der Waals surface area (Å²) in [5.74, 6) is -2.21. The number of aryl methyl sites for hydroxylation is 1. The van der Waals surface area contributed by atoms with Gasteiger partial charge in [-0.2, -0.15) is 0 Å². The number of aromatic hydroxyl groups is 1. The van der Waals surface area contributed by atoms with Crippen molar-refractivity contribution >= 4 is 23.8 Å². The maximum Gasteiger partial charge on any atom is 0.408 e. The summed E-state index contributed by atoms with van der Waals surface area (Å²) >= 11 is 0. The molecular formula is C24H38N4O7. The predicted molar refractivity (Wildman–Crippen MR) is 129 cm³/mol. The summed E-state index contributed by atoms with van der Waals surface area (Å²) in [4.78, 5) is 51.8. The second-order valence-electron chi connectivity index (χ2n) is 9.54. The van der Waals surface area contributed by atoms with Gasteiger partial charge in [0.25, 0.3) is 0 Å². The Balaban J connectivity index is 3.51. The molecule has 1 aromatic carbocycles. The lowest BCUT2D eigenvalue weighted by Crippen LogP contribution is -2.54. The number of carbonyl (C=O) groups excluding carboxylic acids is 4. The molecule has 0 saturated heterocycles. The highest BCUT2D eigenvalue weighted by atomic mass is 16.6. The number of nitrogens with one attached hydrogen (secondary N) is 2. The Morgan fingerprint density at radius 3 is 2.29 bits per heavy atom. The summed E-state index contributed by atoms with van der Waals surface area (Å²) in [5, 5.41) is 25.6. The van der Waals surface area contributed by atoms with Crippen molar-refractivity contribution in [3.8, 4) is 5.75 Å². The van der Waals surface area contributed by atoms with Crippen molar-refractivity contribution in [1.29, 1.82) is 0 Å². The van der Waals surface area contributed by atoms with Crippen LogP contribution < -0.4 is 16.4 Å². The second-order valence-corrected chi connectivity index (χ2v) is 9.54. The molecule has 35 heavy (non-hydrogen) atoms. The molecule has 2 unspecified atom stereocenters. The lowest BCUT2D eigenvalue weighted by Gasteiger charge is -2.34. The summed E-state index contributed by atoms with van der Waals surface area (Å²) in [7, 11) is 0. The molecule has 0 heterocycles. The zero-order chi connectivity index (χ0) is 26.9. The van der Waals surface area contributed by atoms with E-state index in [1.54, 1.807) is 53.7 Å². The number of phenolic OH excluding ortho intramolecular Hbond substituents is 1. The minimum Gasteiger partial charge on any atom is -0.507 e. The molecule has 1 aromatic rings. The van der Waals surface area contributed by atoms with Gasteiger partial charge in [-0.3, -0.25) is 14.4 Å². The smallest absolute Gasteiger partial charge is 0.408 e. The number of aliphatic hydroxyl groups is 1. The van der Waals surface area contributed by atoms with Gasteiger partial charge in [-0.15, -0.1) is 0 Å². The van der Waals surface area contributed by atoms with Crippen LogP contribution in [-0.4, -0.2) is 69.8 Å². The fourth-order valence-corrected chi connectivity index (χ4v) is 3.38. The number of nitrogens with two attached hydrogens (primary N) is 1. The normalized spacial score (nSPS) is 13.0. The van der Waals surface area contributed by atoms with E-state index in [4.69, 9.17) is 10.5 Å². The molecule has 0 fully saturated rings. The monoisotopic (exact) mass is 494 g/mol. The number of hydrogen-bond acceptors (Lipinski definition) is 7. The number of nitrogens with zero attached hydrogens (tertiary/aromatic N) is 1. The van der Waals surface area contributed by atoms with Crippen molar-refractivity contribution < 1.29 is 34.1 Å². The van der Waals surface area contributed by atoms with E-state index in [1.807, 2.05) is 0 Å². The van der Waals surface area contributed by atoms with Gasteiger partial charge in [-0.25, -0.2) is 4.79 Å². The number of amides is 4. The molecule has 2 atom stereocenters. The summed E-state index contributed by atoms with van der Waals surface area (Å²) in [6.07, 6.45) is -1.28. The summed E-state index contributed by atoms with van der Waals surface area (Å²) < 4.78 is 5.24. The van der Waals surface area contributed by atoms with Crippen LogP contribution in [-0.2, 0) is 19.1 Å². The highest BCUT2D eigenvalue weighted by molar-refractivity contribution is 5.93. The van der Waals surface area contributed by atoms with E-state index in [0.717, 1.165) is 4.90 Å². The van der Waals surface area contributed by atoms with Crippen LogP contribution in [0.5, 0.6) is 5.75 Å². The largest absolute Gasteiger partial charge is 0.507 e. The van der Waals surface area contributed by atoms with Gasteiger partial charge in [0.1, 0.15) is 23.4 Å². The van der Waals surface area contributed by atoms with Gasteiger partial charge in [0.15, 0.2) is 0 Å². The Labute approximate surface area is 206 Å². The molecule has 6 N–H and O–H groups in total. The van der Waals surface area contributed by atoms with Gasteiger partial charge in [-0.05, 0) is 53.5 Å². The minimum absolute atomic E-state index is 0.149. The number of carbonyl (C=O) groups is 4. The SMILES string of the molecule is Cc1cccc(C(C(=O)NC(C)C)N(CCO)C(=O)C(CCC(N)=O)NC(=O)OC(C)(C)C)c1O. The molecule has 11 nitrogen and oxygen atoms in total. The standard InChI is InChI=1S/C24H38N4O7/c1-14(2)26-21(32)19(16-9-7-8-15(3)20(16)31)28(12-13-29)22(33)17(10-11-18(25)30)27-23(34)35-24(4,5)6/h7-9,14,17,19,29,31H,10-13H2,1-6H3,(H2,25,30)(H,26,32)(H,27,34). The van der Waals surface area contributed by atoms with E-state index in [0.29, 0.717) is 5.56 Å². The Morgan fingerprint density at radius 2 is 1.77 bits per heavy atom. The van der Waals surface area contributed by atoms with E-state index in [1.165, 1.54) is 6.07 Å². The molecule has 0 saturated carbocycles. The number of para-hydroxylation sites is 1. The number of alkyl carbamates (subject to hydrolysis) is 1. The number of primary amides is 1. The topological polar surface area (TPSA) is 171 Å². The van der Waals surface area contributed by atoms with Gasteiger partial charge >= 0.3 is 6.09 Å². The third kappa shape index (κ3) is 9.44. The molecule has 1 rings (SSSR count). The Morgan fingerprint density at radius 1 is 1.14 bits per heavy atom. The lowest BCUT2D eigenvalue weighted by atomic mass is 9.98. The maximum atomic E-state index is 13.7.